The number of carbonyl (C=O) groups is 2. The normalized spacial score (nSPS) is 13.5. The number of benzene rings is 1. The zero-order valence-electron chi connectivity index (χ0n) is 17.0. The molecule has 30 heavy (non-hydrogen) atoms. The van der Waals surface area contributed by atoms with Gasteiger partial charge in [0.1, 0.15) is 10.7 Å². The molecular formula is C22H23N3O4S. The van der Waals surface area contributed by atoms with Gasteiger partial charge in [-0.25, -0.2) is 9.78 Å². The van der Waals surface area contributed by atoms with Gasteiger partial charge < -0.3 is 10.1 Å². The maximum Gasteiger partial charge on any atom is 0.340 e. The largest absolute Gasteiger partial charge is 0.462 e. The molecule has 2 aromatic heterocycles. The Kier molecular flexibility index (Phi) is 5.67. The van der Waals surface area contributed by atoms with Crippen molar-refractivity contribution >= 4 is 39.1 Å². The second-order valence-electron chi connectivity index (χ2n) is 7.25. The number of carbonyl (C=O) groups excluding carboxylic acids is 2. The van der Waals surface area contributed by atoms with Gasteiger partial charge in [0.25, 0.3) is 11.5 Å². The molecule has 8 heteroatoms. The van der Waals surface area contributed by atoms with Crippen molar-refractivity contribution in [3.8, 4) is 0 Å². The van der Waals surface area contributed by atoms with Gasteiger partial charge in [-0.1, -0.05) is 18.6 Å². The number of thiophene rings is 1. The lowest BCUT2D eigenvalue weighted by atomic mass is 10.1. The highest BCUT2D eigenvalue weighted by atomic mass is 32.1. The molecule has 3 heterocycles. The van der Waals surface area contributed by atoms with Crippen molar-refractivity contribution in [3.05, 3.63) is 56.4 Å². The predicted octanol–water partition coefficient (Wildman–Crippen LogP) is 3.92. The number of nitrogens with one attached hydrogen (secondary N) is 1. The lowest BCUT2D eigenvalue weighted by Gasteiger charge is -2.10. The molecule has 7 nitrogen and oxygen atoms in total. The van der Waals surface area contributed by atoms with Gasteiger partial charge in [0, 0.05) is 13.0 Å². The number of fused-ring (bicyclic) bond motifs is 2. The lowest BCUT2D eigenvalue weighted by Crippen LogP contribution is -2.24. The molecule has 0 fully saturated rings. The summed E-state index contributed by atoms with van der Waals surface area (Å²) in [5.74, 6) is -0.0668. The van der Waals surface area contributed by atoms with Gasteiger partial charge in [0.15, 0.2) is 0 Å². The first-order valence-electron chi connectivity index (χ1n) is 10.1. The molecule has 0 aliphatic carbocycles. The van der Waals surface area contributed by atoms with Crippen molar-refractivity contribution < 1.29 is 14.3 Å². The van der Waals surface area contributed by atoms with Crippen LogP contribution in [0.4, 0.5) is 5.69 Å². The Hall–Kier alpha value is -3.00. The summed E-state index contributed by atoms with van der Waals surface area (Å²) >= 11 is 1.22. The second-order valence-corrected chi connectivity index (χ2v) is 8.25. The molecule has 0 saturated carbocycles. The minimum Gasteiger partial charge on any atom is -0.462 e. The highest BCUT2D eigenvalue weighted by Crippen LogP contribution is 2.29. The highest BCUT2D eigenvalue weighted by molar-refractivity contribution is 7.20. The number of rotatable bonds is 4. The molecule has 0 bridgehead atoms. The number of aryl methyl sites for hydroxylation is 2. The van der Waals surface area contributed by atoms with Crippen molar-refractivity contribution in [2.75, 3.05) is 11.9 Å². The number of ether oxygens (including phenoxy) is 1. The minimum absolute atomic E-state index is 0.0726. The molecule has 0 atom stereocenters. The summed E-state index contributed by atoms with van der Waals surface area (Å²) in [6, 6.07) is 6.71. The van der Waals surface area contributed by atoms with Crippen LogP contribution in [0.2, 0.25) is 0 Å². The predicted molar refractivity (Wildman–Crippen MR) is 117 cm³/mol. The number of hydrogen-bond donors (Lipinski definition) is 1. The molecule has 1 N–H and O–H groups in total. The molecule has 156 valence electrons. The summed E-state index contributed by atoms with van der Waals surface area (Å²) in [5, 5.41) is 3.31. The quantitative estimate of drug-likeness (QED) is 0.640. The van der Waals surface area contributed by atoms with Gasteiger partial charge in [0.2, 0.25) is 0 Å². The van der Waals surface area contributed by atoms with Gasteiger partial charge in [0.05, 0.1) is 28.1 Å². The summed E-state index contributed by atoms with van der Waals surface area (Å²) in [5.41, 5.74) is 1.21. The standard InChI is InChI=1S/C22H23N3O4S/c1-3-29-22(28)14-9-6-7-10-15(14)23-19(26)18-13(2)17-20(30-18)24-16-11-5-4-8-12-25(16)21(17)27/h6-7,9-10H,3-5,8,11-12H2,1-2H3,(H,23,26). The average molecular weight is 426 g/mol. The first kappa shape index (κ1) is 20.3. The number of aromatic nitrogens is 2. The van der Waals surface area contributed by atoms with Crippen LogP contribution in [-0.4, -0.2) is 28.0 Å². The Labute approximate surface area is 177 Å². The van der Waals surface area contributed by atoms with Crippen LogP contribution in [0.1, 0.15) is 57.6 Å². The van der Waals surface area contributed by atoms with Crippen molar-refractivity contribution in [1.29, 1.82) is 0 Å². The molecule has 1 aromatic carbocycles. The Bertz CT molecular complexity index is 1200. The highest BCUT2D eigenvalue weighted by Gasteiger charge is 2.23. The maximum absolute atomic E-state index is 13.1. The average Bonchev–Trinajstić information content (AvgIpc) is 2.90. The van der Waals surface area contributed by atoms with Gasteiger partial charge in [-0.2, -0.15) is 0 Å². The third-order valence-electron chi connectivity index (χ3n) is 5.29. The molecule has 0 spiro atoms. The molecule has 1 amide bonds. The fourth-order valence-electron chi connectivity index (χ4n) is 3.78. The molecular weight excluding hydrogens is 402 g/mol. The molecule has 4 rings (SSSR count). The Morgan fingerprint density at radius 2 is 2.03 bits per heavy atom. The number of anilines is 1. The zero-order valence-corrected chi connectivity index (χ0v) is 17.8. The summed E-state index contributed by atoms with van der Waals surface area (Å²) in [4.78, 5) is 44.0. The third-order valence-corrected chi connectivity index (χ3v) is 6.47. The van der Waals surface area contributed by atoms with Crippen LogP contribution in [0.3, 0.4) is 0 Å². The number of esters is 1. The van der Waals surface area contributed by atoms with E-state index in [0.717, 1.165) is 31.5 Å². The summed E-state index contributed by atoms with van der Waals surface area (Å²) in [6.07, 6.45) is 3.83. The van der Waals surface area contributed by atoms with Gasteiger partial charge in [-0.05, 0) is 44.4 Å². The number of nitrogens with zero attached hydrogens (tertiary/aromatic N) is 2. The van der Waals surface area contributed by atoms with Crippen LogP contribution < -0.4 is 10.9 Å². The zero-order chi connectivity index (χ0) is 21.3. The van der Waals surface area contributed by atoms with E-state index in [9.17, 15) is 14.4 Å². The molecule has 3 aromatic rings. The number of amides is 1. The SMILES string of the molecule is CCOC(=O)c1ccccc1NC(=O)c1sc2nc3n(c(=O)c2c1C)CCCCC3. The molecule has 0 unspecified atom stereocenters. The number of hydrogen-bond acceptors (Lipinski definition) is 6. The Balaban J connectivity index is 1.72. The summed E-state index contributed by atoms with van der Waals surface area (Å²) in [6.45, 7) is 4.42. The van der Waals surface area contributed by atoms with Crippen LogP contribution >= 0.6 is 11.3 Å². The van der Waals surface area contributed by atoms with E-state index >= 15 is 0 Å². The fraction of sp³-hybridized carbons (Fsp3) is 0.364. The summed E-state index contributed by atoms with van der Waals surface area (Å²) in [7, 11) is 0. The van der Waals surface area contributed by atoms with Crippen LogP contribution in [0.5, 0.6) is 0 Å². The van der Waals surface area contributed by atoms with E-state index in [4.69, 9.17) is 9.72 Å². The van der Waals surface area contributed by atoms with E-state index in [0.29, 0.717) is 32.9 Å². The third kappa shape index (κ3) is 3.63. The van der Waals surface area contributed by atoms with Crippen molar-refractivity contribution in [1.82, 2.24) is 9.55 Å². The molecule has 0 saturated heterocycles. The van der Waals surface area contributed by atoms with Crippen LogP contribution in [0.15, 0.2) is 29.1 Å². The van der Waals surface area contributed by atoms with E-state index < -0.39 is 5.97 Å². The molecule has 1 aliphatic rings. The van der Waals surface area contributed by atoms with Crippen molar-refractivity contribution in [3.63, 3.8) is 0 Å². The first-order chi connectivity index (χ1) is 14.5. The van der Waals surface area contributed by atoms with Crippen molar-refractivity contribution in [2.24, 2.45) is 0 Å². The van der Waals surface area contributed by atoms with Crippen molar-refractivity contribution in [2.45, 2.75) is 46.1 Å². The van der Waals surface area contributed by atoms with E-state index in [2.05, 4.69) is 5.32 Å². The maximum atomic E-state index is 13.1. The minimum atomic E-state index is -0.495. The van der Waals surface area contributed by atoms with Gasteiger partial charge in [-0.15, -0.1) is 11.3 Å². The lowest BCUT2D eigenvalue weighted by molar-refractivity contribution is 0.0527. The van der Waals surface area contributed by atoms with Crippen LogP contribution in [-0.2, 0) is 17.7 Å². The fourth-order valence-corrected chi connectivity index (χ4v) is 4.87. The monoisotopic (exact) mass is 425 g/mol. The van der Waals surface area contributed by atoms with E-state index in [1.165, 1.54) is 11.3 Å². The molecule has 1 aliphatic heterocycles. The topological polar surface area (TPSA) is 90.3 Å². The van der Waals surface area contributed by atoms with Gasteiger partial charge in [-0.3, -0.25) is 14.2 Å². The Morgan fingerprint density at radius 3 is 2.83 bits per heavy atom. The van der Waals surface area contributed by atoms with E-state index in [-0.39, 0.29) is 23.6 Å². The van der Waals surface area contributed by atoms with E-state index in [1.807, 2.05) is 0 Å². The Morgan fingerprint density at radius 1 is 1.23 bits per heavy atom. The van der Waals surface area contributed by atoms with Crippen LogP contribution in [0, 0.1) is 6.92 Å². The second kappa shape index (κ2) is 8.39. The first-order valence-corrected chi connectivity index (χ1v) is 10.9. The summed E-state index contributed by atoms with van der Waals surface area (Å²) < 4.78 is 6.83. The van der Waals surface area contributed by atoms with Gasteiger partial charge >= 0.3 is 5.97 Å². The van der Waals surface area contributed by atoms with E-state index in [1.54, 1.807) is 42.7 Å². The number of para-hydroxylation sites is 1. The smallest absolute Gasteiger partial charge is 0.340 e. The van der Waals surface area contributed by atoms with Crippen LogP contribution in [0.25, 0.3) is 10.2 Å². The molecule has 0 radical (unpaired) electrons.